The Morgan fingerprint density at radius 1 is 0.606 bits per heavy atom. The molecular formula is C25H34Cl4N2O2. The van der Waals surface area contributed by atoms with Gasteiger partial charge in [-0.25, -0.2) is 0 Å². The summed E-state index contributed by atoms with van der Waals surface area (Å²) in [4.78, 5) is 0. The van der Waals surface area contributed by atoms with Crippen LogP contribution in [0.5, 0.6) is 11.5 Å². The van der Waals surface area contributed by atoms with Crippen molar-refractivity contribution in [2.24, 2.45) is 11.5 Å². The molecule has 4 nitrogen and oxygen atoms in total. The zero-order valence-corrected chi connectivity index (χ0v) is 22.4. The fourth-order valence-electron chi connectivity index (χ4n) is 3.48. The van der Waals surface area contributed by atoms with Gasteiger partial charge in [0.05, 0.1) is 33.3 Å². The summed E-state index contributed by atoms with van der Waals surface area (Å²) in [5.41, 5.74) is 12.5. The number of rotatable bonds is 14. The molecule has 2 aromatic rings. The molecule has 0 fully saturated rings. The average Bonchev–Trinajstić information content (AvgIpc) is 2.76. The molecule has 4 N–H and O–H groups in total. The summed E-state index contributed by atoms with van der Waals surface area (Å²) in [6.45, 7) is 6.58. The summed E-state index contributed by atoms with van der Waals surface area (Å²) < 4.78 is 11.7. The van der Waals surface area contributed by atoms with Crippen LogP contribution in [-0.2, 0) is 5.41 Å². The van der Waals surface area contributed by atoms with E-state index in [0.717, 1.165) is 49.7 Å². The molecular weight excluding hydrogens is 502 g/mol. The smallest absolute Gasteiger partial charge is 0.156 e. The lowest BCUT2D eigenvalue weighted by Gasteiger charge is -2.28. The Balaban J connectivity index is 2.18. The molecule has 0 aliphatic heterocycles. The van der Waals surface area contributed by atoms with Crippen molar-refractivity contribution < 1.29 is 9.47 Å². The first-order valence-corrected chi connectivity index (χ1v) is 12.9. The van der Waals surface area contributed by atoms with Gasteiger partial charge in [0.15, 0.2) is 11.5 Å². The molecule has 184 valence electrons. The SMILES string of the molecule is CC(C)(c1cc(Cl)c(OCCCCCN)c(Cl)c1)c1cc(Cl)c(OCCCCCN)c(Cl)c1. The van der Waals surface area contributed by atoms with E-state index < -0.39 is 5.41 Å². The third kappa shape index (κ3) is 8.09. The van der Waals surface area contributed by atoms with Crippen molar-refractivity contribution in [1.82, 2.24) is 0 Å². The van der Waals surface area contributed by atoms with E-state index in [-0.39, 0.29) is 0 Å². The maximum atomic E-state index is 6.54. The van der Waals surface area contributed by atoms with Gasteiger partial charge < -0.3 is 20.9 Å². The van der Waals surface area contributed by atoms with Crippen molar-refractivity contribution in [2.75, 3.05) is 26.3 Å². The molecule has 0 saturated carbocycles. The highest BCUT2D eigenvalue weighted by atomic mass is 35.5. The Hall–Kier alpha value is -0.880. The highest BCUT2D eigenvalue weighted by molar-refractivity contribution is 6.38. The normalized spacial score (nSPS) is 11.6. The zero-order chi connectivity index (χ0) is 24.4. The Morgan fingerprint density at radius 2 is 0.939 bits per heavy atom. The number of halogens is 4. The van der Waals surface area contributed by atoms with Gasteiger partial charge in [-0.1, -0.05) is 60.3 Å². The van der Waals surface area contributed by atoms with Crippen LogP contribution in [0.3, 0.4) is 0 Å². The molecule has 0 radical (unpaired) electrons. The third-order valence-electron chi connectivity index (χ3n) is 5.63. The van der Waals surface area contributed by atoms with E-state index in [0.29, 0.717) is 57.9 Å². The maximum Gasteiger partial charge on any atom is 0.156 e. The largest absolute Gasteiger partial charge is 0.490 e. The summed E-state index contributed by atoms with van der Waals surface area (Å²) >= 11 is 26.2. The first-order valence-electron chi connectivity index (χ1n) is 11.4. The lowest BCUT2D eigenvalue weighted by molar-refractivity contribution is 0.306. The molecule has 0 bridgehead atoms. The predicted octanol–water partition coefficient (Wildman–Crippen LogP) is 7.64. The van der Waals surface area contributed by atoms with E-state index in [2.05, 4.69) is 13.8 Å². The Kier molecular flexibility index (Phi) is 11.9. The van der Waals surface area contributed by atoms with Crippen molar-refractivity contribution in [3.05, 3.63) is 55.5 Å². The first-order chi connectivity index (χ1) is 15.7. The minimum Gasteiger partial charge on any atom is -0.490 e. The summed E-state index contributed by atoms with van der Waals surface area (Å²) in [5.74, 6) is 1.00. The lowest BCUT2D eigenvalue weighted by Crippen LogP contribution is -2.19. The Bertz CT molecular complexity index is 788. The summed E-state index contributed by atoms with van der Waals surface area (Å²) in [7, 11) is 0. The van der Waals surface area contributed by atoms with Crippen molar-refractivity contribution in [1.29, 1.82) is 0 Å². The maximum absolute atomic E-state index is 6.54. The molecule has 0 unspecified atom stereocenters. The number of unbranched alkanes of at least 4 members (excludes halogenated alkanes) is 4. The van der Waals surface area contributed by atoms with Crippen LogP contribution in [0.4, 0.5) is 0 Å². The van der Waals surface area contributed by atoms with Gasteiger partial charge in [-0.2, -0.15) is 0 Å². The van der Waals surface area contributed by atoms with Crippen LogP contribution in [0.2, 0.25) is 20.1 Å². The second-order valence-electron chi connectivity index (χ2n) is 8.56. The second-order valence-corrected chi connectivity index (χ2v) is 10.2. The minimum absolute atomic E-state index is 0.458. The van der Waals surface area contributed by atoms with Gasteiger partial charge in [-0.05, 0) is 87.0 Å². The molecule has 8 heteroatoms. The van der Waals surface area contributed by atoms with Gasteiger partial charge in [-0.15, -0.1) is 0 Å². The number of benzene rings is 2. The van der Waals surface area contributed by atoms with E-state index in [4.69, 9.17) is 67.3 Å². The topological polar surface area (TPSA) is 70.5 Å². The molecule has 0 aromatic heterocycles. The molecule has 33 heavy (non-hydrogen) atoms. The molecule has 0 amide bonds. The van der Waals surface area contributed by atoms with Crippen molar-refractivity contribution >= 4 is 46.4 Å². The molecule has 2 aromatic carbocycles. The van der Waals surface area contributed by atoms with Crippen LogP contribution in [0.25, 0.3) is 0 Å². The third-order valence-corrected chi connectivity index (χ3v) is 6.75. The Labute approximate surface area is 217 Å². The van der Waals surface area contributed by atoms with Gasteiger partial charge in [0.25, 0.3) is 0 Å². The number of ether oxygens (including phenoxy) is 2. The monoisotopic (exact) mass is 534 g/mol. The van der Waals surface area contributed by atoms with Crippen molar-refractivity contribution in [2.45, 2.75) is 57.8 Å². The van der Waals surface area contributed by atoms with Crippen LogP contribution in [0, 0.1) is 0 Å². The molecule has 0 saturated heterocycles. The first kappa shape index (κ1) is 28.4. The molecule has 0 aliphatic rings. The quantitative estimate of drug-likeness (QED) is 0.244. The van der Waals surface area contributed by atoms with E-state index in [1.54, 1.807) is 0 Å². The van der Waals surface area contributed by atoms with E-state index >= 15 is 0 Å². The lowest BCUT2D eigenvalue weighted by atomic mass is 9.78. The zero-order valence-electron chi connectivity index (χ0n) is 19.4. The summed E-state index contributed by atoms with van der Waals surface area (Å²) in [6.07, 6.45) is 5.75. The summed E-state index contributed by atoms with van der Waals surface area (Å²) in [6, 6.07) is 7.53. The van der Waals surface area contributed by atoms with Gasteiger partial charge in [0, 0.05) is 5.41 Å². The number of nitrogens with two attached hydrogens (primary N) is 2. The molecule has 0 atom stereocenters. The van der Waals surface area contributed by atoms with Crippen LogP contribution in [0.15, 0.2) is 24.3 Å². The highest BCUT2D eigenvalue weighted by Gasteiger charge is 2.27. The van der Waals surface area contributed by atoms with Crippen LogP contribution < -0.4 is 20.9 Å². The van der Waals surface area contributed by atoms with Crippen LogP contribution >= 0.6 is 46.4 Å². The fraction of sp³-hybridized carbons (Fsp3) is 0.520. The fourth-order valence-corrected chi connectivity index (χ4v) is 4.67. The van der Waals surface area contributed by atoms with Gasteiger partial charge in [-0.3, -0.25) is 0 Å². The van der Waals surface area contributed by atoms with Crippen LogP contribution in [-0.4, -0.2) is 26.3 Å². The molecule has 0 spiro atoms. The highest BCUT2D eigenvalue weighted by Crippen LogP contribution is 2.43. The van der Waals surface area contributed by atoms with Gasteiger partial charge in [0.2, 0.25) is 0 Å². The van der Waals surface area contributed by atoms with E-state index in [1.807, 2.05) is 24.3 Å². The molecule has 0 heterocycles. The molecule has 2 rings (SSSR count). The van der Waals surface area contributed by atoms with E-state index in [9.17, 15) is 0 Å². The van der Waals surface area contributed by atoms with E-state index in [1.165, 1.54) is 0 Å². The van der Waals surface area contributed by atoms with Crippen LogP contribution in [0.1, 0.15) is 63.5 Å². The predicted molar refractivity (Wildman–Crippen MR) is 142 cm³/mol. The molecule has 0 aliphatic carbocycles. The number of hydrogen-bond donors (Lipinski definition) is 2. The second kappa shape index (κ2) is 13.9. The summed E-state index contributed by atoms with van der Waals surface area (Å²) in [5, 5.41) is 1.89. The Morgan fingerprint density at radius 3 is 1.24 bits per heavy atom. The standard InChI is InChI=1S/C25H34Cl4N2O2/c1-25(2,17-13-19(26)23(20(27)14-17)32-11-7-3-5-9-30)18-15-21(28)24(22(29)16-18)33-12-8-4-6-10-31/h13-16H,3-12,30-31H2,1-2H3. The average molecular weight is 536 g/mol. The minimum atomic E-state index is -0.458. The number of hydrogen-bond acceptors (Lipinski definition) is 4. The van der Waals surface area contributed by atoms with Gasteiger partial charge in [0.1, 0.15) is 0 Å². The van der Waals surface area contributed by atoms with Crippen molar-refractivity contribution in [3.63, 3.8) is 0 Å². The van der Waals surface area contributed by atoms with Crippen molar-refractivity contribution in [3.8, 4) is 11.5 Å². The van der Waals surface area contributed by atoms with Gasteiger partial charge >= 0.3 is 0 Å².